The molecule has 3 aromatic rings. The van der Waals surface area contributed by atoms with Gasteiger partial charge in [0, 0.05) is 43.7 Å². The number of nitrogens with one attached hydrogen (secondary N) is 1. The van der Waals surface area contributed by atoms with Crippen molar-refractivity contribution < 1.29 is 9.53 Å². The highest BCUT2D eigenvalue weighted by molar-refractivity contribution is 5.95. The minimum Gasteiger partial charge on any atom is -0.496 e. The van der Waals surface area contributed by atoms with Gasteiger partial charge in [-0.25, -0.2) is 4.98 Å². The standard InChI is InChI=1S/C16H16N4O3/c1-19(2)15(22)10-4-5-11(13(8-10)23-3)12-9-20-7-6-14(21)18-16(20)17-12/h4-9H,1-3H3,(H,17,18,21). The Hall–Kier alpha value is -3.09. The van der Waals surface area contributed by atoms with Gasteiger partial charge in [0.05, 0.1) is 12.8 Å². The predicted molar refractivity (Wildman–Crippen MR) is 85.8 cm³/mol. The highest BCUT2D eigenvalue weighted by Crippen LogP contribution is 2.30. The Morgan fingerprint density at radius 2 is 2.09 bits per heavy atom. The number of aromatic amines is 1. The highest BCUT2D eigenvalue weighted by atomic mass is 16.5. The topological polar surface area (TPSA) is 79.7 Å². The van der Waals surface area contributed by atoms with Gasteiger partial charge in [-0.15, -0.1) is 0 Å². The number of fused-ring (bicyclic) bond motifs is 1. The van der Waals surface area contributed by atoms with Crippen LogP contribution >= 0.6 is 0 Å². The number of ether oxygens (including phenoxy) is 1. The lowest BCUT2D eigenvalue weighted by molar-refractivity contribution is 0.0827. The molecule has 0 atom stereocenters. The molecule has 0 spiro atoms. The highest BCUT2D eigenvalue weighted by Gasteiger charge is 2.15. The molecule has 118 valence electrons. The van der Waals surface area contributed by atoms with Crippen LogP contribution in [0.2, 0.25) is 0 Å². The van der Waals surface area contributed by atoms with E-state index in [2.05, 4.69) is 9.97 Å². The van der Waals surface area contributed by atoms with E-state index in [0.717, 1.165) is 5.56 Å². The van der Waals surface area contributed by atoms with Crippen LogP contribution in [0.3, 0.4) is 0 Å². The summed E-state index contributed by atoms with van der Waals surface area (Å²) < 4.78 is 7.12. The first-order valence-electron chi connectivity index (χ1n) is 6.97. The Morgan fingerprint density at radius 1 is 1.30 bits per heavy atom. The Labute approximate surface area is 132 Å². The van der Waals surface area contributed by atoms with E-state index in [1.165, 1.54) is 11.0 Å². The molecule has 2 aromatic heterocycles. The van der Waals surface area contributed by atoms with Crippen LogP contribution in [0.25, 0.3) is 17.0 Å². The fraction of sp³-hybridized carbons (Fsp3) is 0.188. The summed E-state index contributed by atoms with van der Waals surface area (Å²) in [5, 5.41) is 0. The zero-order chi connectivity index (χ0) is 16.6. The van der Waals surface area contributed by atoms with Crippen LogP contribution < -0.4 is 10.3 Å². The molecular weight excluding hydrogens is 296 g/mol. The molecule has 23 heavy (non-hydrogen) atoms. The first-order chi connectivity index (χ1) is 11.0. The lowest BCUT2D eigenvalue weighted by atomic mass is 10.1. The van der Waals surface area contributed by atoms with E-state index in [4.69, 9.17) is 4.74 Å². The van der Waals surface area contributed by atoms with E-state index in [1.807, 2.05) is 0 Å². The number of carbonyl (C=O) groups is 1. The molecule has 0 aliphatic rings. The lowest BCUT2D eigenvalue weighted by Crippen LogP contribution is -2.21. The summed E-state index contributed by atoms with van der Waals surface area (Å²) in [6.45, 7) is 0. The van der Waals surface area contributed by atoms with Gasteiger partial charge in [0.1, 0.15) is 5.75 Å². The summed E-state index contributed by atoms with van der Waals surface area (Å²) in [4.78, 5) is 32.0. The molecule has 3 rings (SSSR count). The number of carbonyl (C=O) groups excluding carboxylic acids is 1. The third kappa shape index (κ3) is 2.68. The summed E-state index contributed by atoms with van der Waals surface area (Å²) in [6.07, 6.45) is 3.43. The Kier molecular flexibility index (Phi) is 3.61. The van der Waals surface area contributed by atoms with Crippen LogP contribution in [0.4, 0.5) is 0 Å². The first-order valence-corrected chi connectivity index (χ1v) is 6.97. The Bertz CT molecular complexity index is 940. The molecular formula is C16H16N4O3. The summed E-state index contributed by atoms with van der Waals surface area (Å²) >= 11 is 0. The lowest BCUT2D eigenvalue weighted by Gasteiger charge is -2.12. The van der Waals surface area contributed by atoms with Gasteiger partial charge in [-0.1, -0.05) is 0 Å². The normalized spacial score (nSPS) is 10.7. The van der Waals surface area contributed by atoms with E-state index < -0.39 is 0 Å². The summed E-state index contributed by atoms with van der Waals surface area (Å²) in [7, 11) is 4.93. The van der Waals surface area contributed by atoms with Crippen molar-refractivity contribution in [3.05, 3.63) is 52.6 Å². The van der Waals surface area contributed by atoms with Gasteiger partial charge in [-0.05, 0) is 18.2 Å². The molecule has 7 heteroatoms. The van der Waals surface area contributed by atoms with E-state index >= 15 is 0 Å². The maximum atomic E-state index is 12.0. The van der Waals surface area contributed by atoms with Crippen molar-refractivity contribution in [1.29, 1.82) is 0 Å². The number of methoxy groups -OCH3 is 1. The van der Waals surface area contributed by atoms with Crippen LogP contribution in [0.5, 0.6) is 5.75 Å². The second-order valence-corrected chi connectivity index (χ2v) is 5.28. The summed E-state index contributed by atoms with van der Waals surface area (Å²) in [5.41, 5.74) is 1.71. The smallest absolute Gasteiger partial charge is 0.253 e. The maximum absolute atomic E-state index is 12.0. The molecule has 2 heterocycles. The van der Waals surface area contributed by atoms with Crippen LogP contribution in [-0.4, -0.2) is 46.4 Å². The molecule has 0 saturated carbocycles. The molecule has 0 saturated heterocycles. The van der Waals surface area contributed by atoms with Crippen molar-refractivity contribution in [2.45, 2.75) is 0 Å². The summed E-state index contributed by atoms with van der Waals surface area (Å²) in [6, 6.07) is 6.63. The average molecular weight is 312 g/mol. The van der Waals surface area contributed by atoms with Crippen LogP contribution in [-0.2, 0) is 0 Å². The molecule has 1 amide bonds. The van der Waals surface area contributed by atoms with E-state index in [0.29, 0.717) is 22.8 Å². The molecule has 0 radical (unpaired) electrons. The van der Waals surface area contributed by atoms with Gasteiger partial charge in [0.25, 0.3) is 11.5 Å². The number of hydrogen-bond acceptors (Lipinski definition) is 4. The van der Waals surface area contributed by atoms with Crippen LogP contribution in [0, 0.1) is 0 Å². The molecule has 0 bridgehead atoms. The van der Waals surface area contributed by atoms with Crippen molar-refractivity contribution >= 4 is 11.7 Å². The number of hydrogen-bond donors (Lipinski definition) is 1. The largest absolute Gasteiger partial charge is 0.496 e. The van der Waals surface area contributed by atoms with Crippen LogP contribution in [0.1, 0.15) is 10.4 Å². The maximum Gasteiger partial charge on any atom is 0.253 e. The minimum absolute atomic E-state index is 0.103. The quantitative estimate of drug-likeness (QED) is 0.793. The van der Waals surface area contributed by atoms with Gasteiger partial charge in [-0.3, -0.25) is 19.0 Å². The first kappa shape index (κ1) is 14.8. The van der Waals surface area contributed by atoms with Crippen molar-refractivity contribution in [3.63, 3.8) is 0 Å². The van der Waals surface area contributed by atoms with E-state index in [1.54, 1.807) is 56.2 Å². The summed E-state index contributed by atoms with van der Waals surface area (Å²) in [5.74, 6) is 0.889. The number of aromatic nitrogens is 3. The molecule has 0 aliphatic carbocycles. The molecule has 1 aromatic carbocycles. The van der Waals surface area contributed by atoms with Gasteiger partial charge in [0.2, 0.25) is 5.78 Å². The fourth-order valence-corrected chi connectivity index (χ4v) is 2.32. The van der Waals surface area contributed by atoms with Crippen LogP contribution in [0.15, 0.2) is 41.5 Å². The third-order valence-electron chi connectivity index (χ3n) is 3.48. The van der Waals surface area contributed by atoms with Gasteiger partial charge in [0.15, 0.2) is 0 Å². The molecule has 0 unspecified atom stereocenters. The second kappa shape index (κ2) is 5.60. The fourth-order valence-electron chi connectivity index (χ4n) is 2.32. The van der Waals surface area contributed by atoms with Crippen molar-refractivity contribution in [2.75, 3.05) is 21.2 Å². The molecule has 1 N–H and O–H groups in total. The van der Waals surface area contributed by atoms with E-state index in [9.17, 15) is 9.59 Å². The number of benzene rings is 1. The predicted octanol–water partition coefficient (Wildman–Crippen LogP) is 1.40. The van der Waals surface area contributed by atoms with Gasteiger partial charge >= 0.3 is 0 Å². The van der Waals surface area contributed by atoms with Gasteiger partial charge < -0.3 is 9.64 Å². The average Bonchev–Trinajstić information content (AvgIpc) is 2.96. The SMILES string of the molecule is COc1cc(C(=O)N(C)C)ccc1-c1cn2ccc(=O)[nH]c2n1. The second-order valence-electron chi connectivity index (χ2n) is 5.28. The Balaban J connectivity index is 2.10. The number of amides is 1. The molecule has 0 fully saturated rings. The minimum atomic E-state index is -0.214. The Morgan fingerprint density at radius 3 is 2.78 bits per heavy atom. The number of nitrogens with zero attached hydrogens (tertiary/aromatic N) is 3. The number of H-pyrrole nitrogens is 1. The van der Waals surface area contributed by atoms with E-state index in [-0.39, 0.29) is 11.5 Å². The third-order valence-corrected chi connectivity index (χ3v) is 3.48. The number of rotatable bonds is 3. The van der Waals surface area contributed by atoms with Gasteiger partial charge in [-0.2, -0.15) is 0 Å². The zero-order valence-corrected chi connectivity index (χ0v) is 13.0. The monoisotopic (exact) mass is 312 g/mol. The van der Waals surface area contributed by atoms with Crippen molar-refractivity contribution in [1.82, 2.24) is 19.3 Å². The molecule has 0 aliphatic heterocycles. The zero-order valence-electron chi connectivity index (χ0n) is 13.0. The molecule has 7 nitrogen and oxygen atoms in total. The number of imidazole rings is 1. The van der Waals surface area contributed by atoms with Crippen molar-refractivity contribution in [2.24, 2.45) is 0 Å². The van der Waals surface area contributed by atoms with Crippen molar-refractivity contribution in [3.8, 4) is 17.0 Å².